The first-order valence-electron chi connectivity index (χ1n) is 8.09. The van der Waals surface area contributed by atoms with E-state index >= 15 is 0 Å². The zero-order valence-corrected chi connectivity index (χ0v) is 13.7. The van der Waals surface area contributed by atoms with Crippen LogP contribution < -0.4 is 4.74 Å². The summed E-state index contributed by atoms with van der Waals surface area (Å²) in [5.41, 5.74) is 1.09. The van der Waals surface area contributed by atoms with Crippen LogP contribution in [0.5, 0.6) is 5.88 Å². The quantitative estimate of drug-likeness (QED) is 0.851. The Morgan fingerprint density at radius 3 is 2.88 bits per heavy atom. The van der Waals surface area contributed by atoms with Gasteiger partial charge in [0.2, 0.25) is 5.69 Å². The van der Waals surface area contributed by atoms with E-state index in [1.807, 2.05) is 36.4 Å². The van der Waals surface area contributed by atoms with Crippen molar-refractivity contribution in [3.63, 3.8) is 0 Å². The van der Waals surface area contributed by atoms with Crippen LogP contribution in [0.1, 0.15) is 24.1 Å². The molecule has 1 aliphatic rings. The van der Waals surface area contributed by atoms with Gasteiger partial charge in [0.05, 0.1) is 6.54 Å². The van der Waals surface area contributed by atoms with Crippen molar-refractivity contribution in [1.29, 1.82) is 5.26 Å². The lowest BCUT2D eigenvalue weighted by Gasteiger charge is -2.31. The van der Waals surface area contributed by atoms with Gasteiger partial charge in [-0.15, -0.1) is 0 Å². The molecule has 1 aromatic heterocycles. The van der Waals surface area contributed by atoms with Crippen molar-refractivity contribution in [3.05, 3.63) is 54.0 Å². The Bertz CT molecular complexity index is 760. The molecule has 0 N–H and O–H groups in total. The number of ether oxygens (including phenoxy) is 2. The first-order valence-corrected chi connectivity index (χ1v) is 8.09. The van der Waals surface area contributed by atoms with E-state index in [2.05, 4.69) is 9.97 Å². The molecule has 25 heavy (non-hydrogen) atoms. The van der Waals surface area contributed by atoms with Gasteiger partial charge in [0, 0.05) is 18.9 Å². The van der Waals surface area contributed by atoms with Gasteiger partial charge in [0.15, 0.2) is 0 Å². The van der Waals surface area contributed by atoms with Crippen LogP contribution in [-0.2, 0) is 11.3 Å². The summed E-state index contributed by atoms with van der Waals surface area (Å²) >= 11 is 0. The minimum absolute atomic E-state index is 0.145. The van der Waals surface area contributed by atoms with Crippen molar-refractivity contribution in [2.24, 2.45) is 0 Å². The lowest BCUT2D eigenvalue weighted by Crippen LogP contribution is -2.44. The fraction of sp³-hybridized carbons (Fsp3) is 0.333. The number of benzene rings is 1. The van der Waals surface area contributed by atoms with Gasteiger partial charge in [-0.1, -0.05) is 30.3 Å². The molecule has 0 saturated carbocycles. The van der Waals surface area contributed by atoms with Gasteiger partial charge >= 0.3 is 6.09 Å². The summed E-state index contributed by atoms with van der Waals surface area (Å²) in [5, 5.41) is 9.05. The third-order valence-corrected chi connectivity index (χ3v) is 3.89. The van der Waals surface area contributed by atoms with E-state index in [4.69, 9.17) is 14.7 Å². The summed E-state index contributed by atoms with van der Waals surface area (Å²) in [6.07, 6.45) is 3.90. The van der Waals surface area contributed by atoms with Crippen molar-refractivity contribution in [2.75, 3.05) is 13.1 Å². The first kappa shape index (κ1) is 16.7. The summed E-state index contributed by atoms with van der Waals surface area (Å²) in [6.45, 7) is 1.26. The smallest absolute Gasteiger partial charge is 0.410 e. The van der Waals surface area contributed by atoms with Gasteiger partial charge in [0.1, 0.15) is 18.8 Å². The molecule has 2 heterocycles. The highest BCUT2D eigenvalue weighted by Gasteiger charge is 2.27. The van der Waals surface area contributed by atoms with Crippen LogP contribution in [0.4, 0.5) is 4.79 Å². The minimum Gasteiger partial charge on any atom is -0.470 e. The standard InChI is InChI=1S/C18H18N4O3/c19-11-16-17(21-9-8-20-16)25-15-7-4-10-22(12-15)18(23)24-13-14-5-2-1-3-6-14/h1-3,5-6,8-9,15H,4,7,10,12-13H2. The molecule has 1 fully saturated rings. The zero-order valence-electron chi connectivity index (χ0n) is 13.7. The molecule has 1 unspecified atom stereocenters. The number of hydrogen-bond acceptors (Lipinski definition) is 6. The molecule has 1 atom stereocenters. The second-order valence-corrected chi connectivity index (χ2v) is 5.69. The highest BCUT2D eigenvalue weighted by Crippen LogP contribution is 2.19. The fourth-order valence-corrected chi connectivity index (χ4v) is 2.66. The second kappa shape index (κ2) is 8.11. The van der Waals surface area contributed by atoms with Crippen molar-refractivity contribution in [1.82, 2.24) is 14.9 Å². The number of nitrogens with zero attached hydrogens (tertiary/aromatic N) is 4. The molecule has 0 radical (unpaired) electrons. The van der Waals surface area contributed by atoms with Gasteiger partial charge in [0.25, 0.3) is 5.88 Å². The van der Waals surface area contributed by atoms with E-state index < -0.39 is 0 Å². The molecule has 2 aromatic rings. The molecule has 7 nitrogen and oxygen atoms in total. The fourth-order valence-electron chi connectivity index (χ4n) is 2.66. The number of amides is 1. The van der Waals surface area contributed by atoms with Crippen LogP contribution in [0.2, 0.25) is 0 Å². The normalized spacial score (nSPS) is 16.8. The van der Waals surface area contributed by atoms with Crippen LogP contribution in [-0.4, -0.2) is 40.2 Å². The predicted octanol–water partition coefficient (Wildman–Crippen LogP) is 2.53. The Hall–Kier alpha value is -3.14. The van der Waals surface area contributed by atoms with Crippen LogP contribution >= 0.6 is 0 Å². The summed E-state index contributed by atoms with van der Waals surface area (Å²) in [5.74, 6) is 0.203. The van der Waals surface area contributed by atoms with Crippen LogP contribution in [0.25, 0.3) is 0 Å². The molecule has 0 aliphatic carbocycles. The van der Waals surface area contributed by atoms with Crippen LogP contribution in [0.15, 0.2) is 42.7 Å². The monoisotopic (exact) mass is 338 g/mol. The van der Waals surface area contributed by atoms with E-state index in [-0.39, 0.29) is 30.4 Å². The maximum atomic E-state index is 12.3. The molecule has 1 saturated heterocycles. The lowest BCUT2D eigenvalue weighted by atomic mass is 10.1. The third-order valence-electron chi connectivity index (χ3n) is 3.89. The van der Waals surface area contributed by atoms with E-state index in [0.717, 1.165) is 18.4 Å². The largest absolute Gasteiger partial charge is 0.470 e. The average molecular weight is 338 g/mol. The lowest BCUT2D eigenvalue weighted by molar-refractivity contribution is 0.0534. The predicted molar refractivity (Wildman–Crippen MR) is 88.6 cm³/mol. The number of nitriles is 1. The van der Waals surface area contributed by atoms with Crippen LogP contribution in [0, 0.1) is 11.3 Å². The summed E-state index contributed by atoms with van der Waals surface area (Å²) in [6, 6.07) is 11.5. The highest BCUT2D eigenvalue weighted by atomic mass is 16.6. The van der Waals surface area contributed by atoms with Crippen molar-refractivity contribution < 1.29 is 14.3 Å². The van der Waals surface area contributed by atoms with Gasteiger partial charge in [-0.25, -0.2) is 14.8 Å². The van der Waals surface area contributed by atoms with Gasteiger partial charge in [-0.2, -0.15) is 5.26 Å². The first-order chi connectivity index (χ1) is 12.3. The Kier molecular flexibility index (Phi) is 5.42. The summed E-state index contributed by atoms with van der Waals surface area (Å²) in [4.78, 5) is 21.9. The Balaban J connectivity index is 1.55. The molecule has 0 bridgehead atoms. The molecule has 1 aliphatic heterocycles. The van der Waals surface area contributed by atoms with Gasteiger partial charge < -0.3 is 14.4 Å². The van der Waals surface area contributed by atoms with Gasteiger partial charge in [-0.3, -0.25) is 0 Å². The zero-order chi connectivity index (χ0) is 17.5. The van der Waals surface area contributed by atoms with E-state index in [9.17, 15) is 4.79 Å². The van der Waals surface area contributed by atoms with Crippen molar-refractivity contribution in [2.45, 2.75) is 25.6 Å². The van der Waals surface area contributed by atoms with Crippen molar-refractivity contribution in [3.8, 4) is 11.9 Å². The molecule has 7 heteroatoms. The molecule has 0 spiro atoms. The second-order valence-electron chi connectivity index (χ2n) is 5.69. The molecular weight excluding hydrogens is 320 g/mol. The summed E-state index contributed by atoms with van der Waals surface area (Å²) in [7, 11) is 0. The number of carbonyl (C=O) groups excluding carboxylic acids is 1. The molecule has 3 rings (SSSR count). The SMILES string of the molecule is N#Cc1nccnc1OC1CCCN(C(=O)OCc2ccccc2)C1. The maximum absolute atomic E-state index is 12.3. The number of carbonyl (C=O) groups is 1. The number of aromatic nitrogens is 2. The molecule has 1 aromatic carbocycles. The minimum atomic E-state index is -0.364. The van der Waals surface area contributed by atoms with E-state index in [0.29, 0.717) is 13.1 Å². The molecule has 128 valence electrons. The molecule has 1 amide bonds. The molecular formula is C18H18N4O3. The Morgan fingerprint density at radius 1 is 1.28 bits per heavy atom. The number of hydrogen-bond donors (Lipinski definition) is 0. The van der Waals surface area contributed by atoms with Crippen molar-refractivity contribution >= 4 is 6.09 Å². The van der Waals surface area contributed by atoms with Crippen LogP contribution in [0.3, 0.4) is 0 Å². The number of piperidine rings is 1. The topological polar surface area (TPSA) is 88.3 Å². The Morgan fingerprint density at radius 2 is 2.08 bits per heavy atom. The van der Waals surface area contributed by atoms with E-state index in [1.54, 1.807) is 4.90 Å². The summed E-state index contributed by atoms with van der Waals surface area (Å²) < 4.78 is 11.1. The third kappa shape index (κ3) is 4.44. The number of rotatable bonds is 4. The van der Waals surface area contributed by atoms with E-state index in [1.165, 1.54) is 12.4 Å². The van der Waals surface area contributed by atoms with Gasteiger partial charge in [-0.05, 0) is 18.4 Å². The Labute approximate surface area is 145 Å². The maximum Gasteiger partial charge on any atom is 0.410 e. The number of likely N-dealkylation sites (tertiary alicyclic amines) is 1. The average Bonchev–Trinajstić information content (AvgIpc) is 2.67. The highest BCUT2D eigenvalue weighted by molar-refractivity contribution is 5.67.